The topological polar surface area (TPSA) is 63.7 Å². The predicted molar refractivity (Wildman–Crippen MR) is 97.3 cm³/mol. The van der Waals surface area contributed by atoms with Crippen molar-refractivity contribution in [1.29, 1.82) is 0 Å². The third-order valence-electron chi connectivity index (χ3n) is 5.66. The summed E-state index contributed by atoms with van der Waals surface area (Å²) in [5.74, 6) is 0.519. The summed E-state index contributed by atoms with van der Waals surface area (Å²) in [5, 5.41) is 3.71. The van der Waals surface area contributed by atoms with E-state index in [1.807, 2.05) is 11.1 Å². The van der Waals surface area contributed by atoms with Crippen molar-refractivity contribution in [2.75, 3.05) is 38.2 Å². The van der Waals surface area contributed by atoms with Crippen LogP contribution in [-0.4, -0.2) is 54.4 Å². The van der Waals surface area contributed by atoms with Crippen molar-refractivity contribution in [3.8, 4) is 0 Å². The molecule has 1 spiro atoms. The molecule has 2 aliphatic heterocycles. The summed E-state index contributed by atoms with van der Waals surface area (Å²) in [6.07, 6.45) is 9.84. The van der Waals surface area contributed by atoms with Gasteiger partial charge in [-0.25, -0.2) is 9.78 Å². The Morgan fingerprint density at radius 3 is 2.84 bits per heavy atom. The molecule has 3 heterocycles. The molecule has 4 rings (SSSR count). The third-order valence-corrected chi connectivity index (χ3v) is 6.74. The molecule has 7 heteroatoms. The minimum Gasteiger partial charge on any atom is -0.381 e. The highest BCUT2D eigenvalue weighted by Crippen LogP contribution is 2.35. The molecule has 0 bridgehead atoms. The number of carbonyl (C=O) groups is 1. The lowest BCUT2D eigenvalue weighted by Crippen LogP contribution is -2.55. The second kappa shape index (κ2) is 7.60. The van der Waals surface area contributed by atoms with Gasteiger partial charge in [-0.15, -0.1) is 11.3 Å². The van der Waals surface area contributed by atoms with Crippen molar-refractivity contribution >= 4 is 22.5 Å². The van der Waals surface area contributed by atoms with E-state index in [1.165, 1.54) is 24.1 Å². The monoisotopic (exact) mass is 365 g/mol. The van der Waals surface area contributed by atoms with Gasteiger partial charge in [0.25, 0.3) is 0 Å². The van der Waals surface area contributed by atoms with Crippen LogP contribution in [0.4, 0.5) is 9.93 Å². The SMILES string of the molecule is O=C(Nc1ncc(C2CCOCC2)s1)N1CCOC2(CCCCC2)C1. The molecule has 1 N–H and O–H groups in total. The molecular formula is C18H27N3O3S. The molecule has 2 amide bonds. The van der Waals surface area contributed by atoms with E-state index >= 15 is 0 Å². The summed E-state index contributed by atoms with van der Waals surface area (Å²) in [6, 6.07) is -0.0406. The Kier molecular flexibility index (Phi) is 5.24. The van der Waals surface area contributed by atoms with Gasteiger partial charge in [0.1, 0.15) is 0 Å². The first kappa shape index (κ1) is 17.2. The number of rotatable bonds is 2. The first-order chi connectivity index (χ1) is 12.2. The molecule has 3 aliphatic rings. The lowest BCUT2D eigenvalue weighted by molar-refractivity contribution is -0.115. The summed E-state index contributed by atoms with van der Waals surface area (Å²) in [4.78, 5) is 20.3. The van der Waals surface area contributed by atoms with Crippen LogP contribution < -0.4 is 5.32 Å². The van der Waals surface area contributed by atoms with Crippen molar-refractivity contribution < 1.29 is 14.3 Å². The Hall–Kier alpha value is -1.18. The molecule has 25 heavy (non-hydrogen) atoms. The van der Waals surface area contributed by atoms with Crippen LogP contribution in [0.3, 0.4) is 0 Å². The lowest BCUT2D eigenvalue weighted by Gasteiger charge is -2.44. The molecule has 0 unspecified atom stereocenters. The van der Waals surface area contributed by atoms with Gasteiger partial charge in [-0.05, 0) is 31.6 Å². The fraction of sp³-hybridized carbons (Fsp3) is 0.778. The van der Waals surface area contributed by atoms with Gasteiger partial charge in [-0.2, -0.15) is 0 Å². The third kappa shape index (κ3) is 3.99. The molecule has 1 aromatic heterocycles. The van der Waals surface area contributed by atoms with E-state index < -0.39 is 0 Å². The number of morpholine rings is 1. The molecule has 138 valence electrons. The number of anilines is 1. The zero-order valence-electron chi connectivity index (χ0n) is 14.7. The number of carbonyl (C=O) groups excluding carboxylic acids is 1. The van der Waals surface area contributed by atoms with Gasteiger partial charge in [0.2, 0.25) is 0 Å². The van der Waals surface area contributed by atoms with E-state index in [2.05, 4.69) is 10.3 Å². The van der Waals surface area contributed by atoms with Crippen molar-refractivity contribution in [1.82, 2.24) is 9.88 Å². The van der Waals surface area contributed by atoms with Gasteiger partial charge in [0.05, 0.1) is 18.8 Å². The van der Waals surface area contributed by atoms with E-state index in [4.69, 9.17) is 9.47 Å². The van der Waals surface area contributed by atoms with Gasteiger partial charge >= 0.3 is 6.03 Å². The number of hydrogen-bond donors (Lipinski definition) is 1. The molecule has 0 atom stereocenters. The van der Waals surface area contributed by atoms with Crippen LogP contribution in [0.5, 0.6) is 0 Å². The van der Waals surface area contributed by atoms with Crippen LogP contribution in [-0.2, 0) is 9.47 Å². The lowest BCUT2D eigenvalue weighted by atomic mass is 9.83. The van der Waals surface area contributed by atoms with Gasteiger partial charge in [-0.3, -0.25) is 5.32 Å². The van der Waals surface area contributed by atoms with Gasteiger partial charge in [-0.1, -0.05) is 19.3 Å². The van der Waals surface area contributed by atoms with Crippen LogP contribution >= 0.6 is 11.3 Å². The van der Waals surface area contributed by atoms with Gasteiger partial charge in [0, 0.05) is 30.8 Å². The molecule has 6 nitrogen and oxygen atoms in total. The number of urea groups is 1. The van der Waals surface area contributed by atoms with Crippen LogP contribution in [0.2, 0.25) is 0 Å². The largest absolute Gasteiger partial charge is 0.381 e. The molecule has 1 saturated carbocycles. The molecule has 1 aromatic rings. The van der Waals surface area contributed by atoms with Crippen molar-refractivity contribution in [3.05, 3.63) is 11.1 Å². The molecular weight excluding hydrogens is 338 g/mol. The Bertz CT molecular complexity index is 589. The first-order valence-electron chi connectivity index (χ1n) is 9.47. The maximum atomic E-state index is 12.7. The van der Waals surface area contributed by atoms with E-state index in [1.54, 1.807) is 11.3 Å². The summed E-state index contributed by atoms with van der Waals surface area (Å²) in [7, 11) is 0. The van der Waals surface area contributed by atoms with Crippen LogP contribution in [0.1, 0.15) is 55.7 Å². The number of ether oxygens (including phenoxy) is 2. The van der Waals surface area contributed by atoms with Crippen molar-refractivity contribution in [3.63, 3.8) is 0 Å². The summed E-state index contributed by atoms with van der Waals surface area (Å²) in [5.41, 5.74) is -0.107. The number of thiazole rings is 1. The number of nitrogens with one attached hydrogen (secondary N) is 1. The van der Waals surface area contributed by atoms with Crippen LogP contribution in [0.15, 0.2) is 6.20 Å². The van der Waals surface area contributed by atoms with E-state index in [0.717, 1.165) is 38.9 Å². The molecule has 1 aliphatic carbocycles. The quantitative estimate of drug-likeness (QED) is 0.870. The highest BCUT2D eigenvalue weighted by atomic mass is 32.1. The normalized spacial score (nSPS) is 24.4. The second-order valence-corrected chi connectivity index (χ2v) is 8.46. The van der Waals surface area contributed by atoms with Crippen molar-refractivity contribution in [2.45, 2.75) is 56.5 Å². The van der Waals surface area contributed by atoms with Gasteiger partial charge in [0.15, 0.2) is 5.13 Å². The Morgan fingerprint density at radius 1 is 1.24 bits per heavy atom. The summed E-state index contributed by atoms with van der Waals surface area (Å²) in [6.45, 7) is 3.64. The summed E-state index contributed by atoms with van der Waals surface area (Å²) < 4.78 is 11.5. The van der Waals surface area contributed by atoms with E-state index in [0.29, 0.717) is 30.7 Å². The number of amides is 2. The summed E-state index contributed by atoms with van der Waals surface area (Å²) >= 11 is 1.60. The predicted octanol–water partition coefficient (Wildman–Crippen LogP) is 3.60. The van der Waals surface area contributed by atoms with E-state index in [9.17, 15) is 4.79 Å². The zero-order valence-corrected chi connectivity index (χ0v) is 15.5. The average Bonchev–Trinajstić information content (AvgIpc) is 3.12. The van der Waals surface area contributed by atoms with E-state index in [-0.39, 0.29) is 11.6 Å². The molecule has 0 radical (unpaired) electrons. The van der Waals surface area contributed by atoms with Crippen LogP contribution in [0, 0.1) is 0 Å². The Morgan fingerprint density at radius 2 is 2.04 bits per heavy atom. The Labute approximate surface area is 152 Å². The number of hydrogen-bond acceptors (Lipinski definition) is 5. The maximum absolute atomic E-state index is 12.7. The second-order valence-electron chi connectivity index (χ2n) is 7.40. The van der Waals surface area contributed by atoms with Gasteiger partial charge < -0.3 is 14.4 Å². The number of nitrogens with zero attached hydrogens (tertiary/aromatic N) is 2. The smallest absolute Gasteiger partial charge is 0.323 e. The zero-order chi connectivity index (χ0) is 17.1. The standard InChI is InChI=1S/C18H27N3O3S/c22-17(21-8-11-24-18(13-21)6-2-1-3-7-18)20-16-19-12-15(25-16)14-4-9-23-10-5-14/h12,14H,1-11,13H2,(H,19,20,22). The van der Waals surface area contributed by atoms with Crippen molar-refractivity contribution in [2.24, 2.45) is 0 Å². The van der Waals surface area contributed by atoms with Crippen LogP contribution in [0.25, 0.3) is 0 Å². The molecule has 0 aromatic carbocycles. The molecule has 3 fully saturated rings. The number of aromatic nitrogens is 1. The maximum Gasteiger partial charge on any atom is 0.323 e. The minimum absolute atomic E-state index is 0.0406. The fourth-order valence-electron chi connectivity index (χ4n) is 4.20. The minimum atomic E-state index is -0.107. The Balaban J connectivity index is 1.36. The average molecular weight is 365 g/mol. The highest BCUT2D eigenvalue weighted by Gasteiger charge is 2.39. The molecule has 2 saturated heterocycles. The fourth-order valence-corrected chi connectivity index (χ4v) is 5.18. The first-order valence-corrected chi connectivity index (χ1v) is 10.3. The highest BCUT2D eigenvalue weighted by molar-refractivity contribution is 7.15.